The lowest BCUT2D eigenvalue weighted by Crippen LogP contribution is -2.25. The van der Waals surface area contributed by atoms with Crippen molar-refractivity contribution < 1.29 is 14.3 Å². The molecule has 1 amide bonds. The van der Waals surface area contributed by atoms with Crippen LogP contribution in [0, 0.1) is 5.92 Å². The number of ether oxygens (including phenoxy) is 1. The van der Waals surface area contributed by atoms with Crippen molar-refractivity contribution in [2.75, 3.05) is 13.2 Å². The molecule has 0 aromatic carbocycles. The Morgan fingerprint density at radius 3 is 2.50 bits per heavy atom. The first-order chi connectivity index (χ1) is 7.56. The Morgan fingerprint density at radius 1 is 1.25 bits per heavy atom. The maximum absolute atomic E-state index is 11.3. The molecule has 0 unspecified atom stereocenters. The smallest absolute Gasteiger partial charge is 0.305 e. The summed E-state index contributed by atoms with van der Waals surface area (Å²) in [7, 11) is 0. The van der Waals surface area contributed by atoms with E-state index < -0.39 is 0 Å². The van der Waals surface area contributed by atoms with Gasteiger partial charge < -0.3 is 10.1 Å². The Labute approximate surface area is 97.7 Å². The van der Waals surface area contributed by atoms with Crippen LogP contribution in [-0.2, 0) is 14.3 Å². The molecule has 0 saturated heterocycles. The van der Waals surface area contributed by atoms with Gasteiger partial charge in [0.2, 0.25) is 5.91 Å². The van der Waals surface area contributed by atoms with Crippen molar-refractivity contribution in [3.63, 3.8) is 0 Å². The fourth-order valence-corrected chi connectivity index (χ4v) is 1.20. The predicted molar refractivity (Wildman–Crippen MR) is 62.9 cm³/mol. The monoisotopic (exact) mass is 229 g/mol. The van der Waals surface area contributed by atoms with Gasteiger partial charge in [0, 0.05) is 19.4 Å². The summed E-state index contributed by atoms with van der Waals surface area (Å²) in [5.41, 5.74) is 0. The lowest BCUT2D eigenvalue weighted by atomic mass is 10.1. The van der Waals surface area contributed by atoms with Crippen molar-refractivity contribution in [2.45, 2.75) is 46.5 Å². The summed E-state index contributed by atoms with van der Waals surface area (Å²) in [5, 5.41) is 2.79. The van der Waals surface area contributed by atoms with Gasteiger partial charge in [0.25, 0.3) is 0 Å². The van der Waals surface area contributed by atoms with Gasteiger partial charge in [-0.1, -0.05) is 13.8 Å². The standard InChI is InChI=1S/C12H23NO3/c1-4-16-12(15)6-5-9-13-11(14)8-7-10(2)3/h10H,4-9H2,1-3H3,(H,13,14). The number of rotatable bonds is 8. The second-order valence-electron chi connectivity index (χ2n) is 4.19. The number of amides is 1. The molecule has 0 rings (SSSR count). The highest BCUT2D eigenvalue weighted by Gasteiger charge is 2.04. The Morgan fingerprint density at radius 2 is 1.94 bits per heavy atom. The van der Waals surface area contributed by atoms with E-state index in [1.807, 2.05) is 0 Å². The Kier molecular flexibility index (Phi) is 8.58. The van der Waals surface area contributed by atoms with Gasteiger partial charge in [-0.25, -0.2) is 0 Å². The average molecular weight is 229 g/mol. The molecule has 0 spiro atoms. The molecule has 94 valence electrons. The highest BCUT2D eigenvalue weighted by molar-refractivity contribution is 5.75. The van der Waals surface area contributed by atoms with Gasteiger partial charge in [-0.15, -0.1) is 0 Å². The SMILES string of the molecule is CCOC(=O)CCCNC(=O)CCC(C)C. The van der Waals surface area contributed by atoms with Crippen LogP contribution >= 0.6 is 0 Å². The molecule has 4 nitrogen and oxygen atoms in total. The van der Waals surface area contributed by atoms with Gasteiger partial charge in [-0.05, 0) is 25.7 Å². The number of nitrogens with one attached hydrogen (secondary N) is 1. The van der Waals surface area contributed by atoms with Crippen molar-refractivity contribution in [1.82, 2.24) is 5.32 Å². The summed E-state index contributed by atoms with van der Waals surface area (Å²) in [6.07, 6.45) is 2.49. The first-order valence-electron chi connectivity index (χ1n) is 5.98. The third kappa shape index (κ3) is 9.49. The molecule has 0 radical (unpaired) electrons. The van der Waals surface area contributed by atoms with Crippen LogP contribution in [0.2, 0.25) is 0 Å². The summed E-state index contributed by atoms with van der Waals surface area (Å²) in [4.78, 5) is 22.3. The van der Waals surface area contributed by atoms with Crippen LogP contribution in [0.25, 0.3) is 0 Å². The topological polar surface area (TPSA) is 55.4 Å². The van der Waals surface area contributed by atoms with E-state index in [1.54, 1.807) is 6.92 Å². The molecule has 0 fully saturated rings. The quantitative estimate of drug-likeness (QED) is 0.510. The normalized spacial score (nSPS) is 10.2. The summed E-state index contributed by atoms with van der Waals surface area (Å²) >= 11 is 0. The number of carbonyl (C=O) groups is 2. The molecule has 0 saturated carbocycles. The highest BCUT2D eigenvalue weighted by atomic mass is 16.5. The molecule has 4 heteroatoms. The van der Waals surface area contributed by atoms with Crippen molar-refractivity contribution in [3.8, 4) is 0 Å². The van der Waals surface area contributed by atoms with Crippen LogP contribution in [0.4, 0.5) is 0 Å². The summed E-state index contributed by atoms with van der Waals surface area (Å²) in [6.45, 7) is 6.93. The molecule has 0 bridgehead atoms. The van der Waals surface area contributed by atoms with Crippen LogP contribution in [0.3, 0.4) is 0 Å². The molecule has 0 heterocycles. The number of esters is 1. The fraction of sp³-hybridized carbons (Fsp3) is 0.833. The van der Waals surface area contributed by atoms with Crippen molar-refractivity contribution in [1.29, 1.82) is 0 Å². The summed E-state index contributed by atoms with van der Waals surface area (Å²) in [5.74, 6) is 0.418. The molecule has 0 aliphatic heterocycles. The van der Waals surface area contributed by atoms with Crippen molar-refractivity contribution >= 4 is 11.9 Å². The Bertz CT molecular complexity index is 214. The number of hydrogen-bond donors (Lipinski definition) is 1. The Hall–Kier alpha value is -1.06. The van der Waals surface area contributed by atoms with Crippen LogP contribution in [-0.4, -0.2) is 25.0 Å². The zero-order valence-corrected chi connectivity index (χ0v) is 10.5. The van der Waals surface area contributed by atoms with Crippen LogP contribution in [0.1, 0.15) is 46.5 Å². The van der Waals surface area contributed by atoms with Gasteiger partial charge in [0.05, 0.1) is 6.61 Å². The van der Waals surface area contributed by atoms with Gasteiger partial charge in [0.15, 0.2) is 0 Å². The maximum atomic E-state index is 11.3. The zero-order valence-electron chi connectivity index (χ0n) is 10.5. The molecule has 0 aromatic heterocycles. The van der Waals surface area contributed by atoms with E-state index in [1.165, 1.54) is 0 Å². The fourth-order valence-electron chi connectivity index (χ4n) is 1.20. The van der Waals surface area contributed by atoms with E-state index >= 15 is 0 Å². The van der Waals surface area contributed by atoms with E-state index in [0.717, 1.165) is 6.42 Å². The summed E-state index contributed by atoms with van der Waals surface area (Å²) < 4.78 is 4.78. The average Bonchev–Trinajstić information content (AvgIpc) is 2.22. The molecule has 0 atom stereocenters. The second-order valence-corrected chi connectivity index (χ2v) is 4.19. The first-order valence-corrected chi connectivity index (χ1v) is 5.98. The third-order valence-electron chi connectivity index (χ3n) is 2.13. The van der Waals surface area contributed by atoms with E-state index in [4.69, 9.17) is 4.74 Å². The van der Waals surface area contributed by atoms with Gasteiger partial charge in [-0.3, -0.25) is 9.59 Å². The lowest BCUT2D eigenvalue weighted by Gasteiger charge is -2.06. The van der Waals surface area contributed by atoms with Crippen LogP contribution < -0.4 is 5.32 Å². The van der Waals surface area contributed by atoms with Crippen molar-refractivity contribution in [3.05, 3.63) is 0 Å². The molecular formula is C12H23NO3. The predicted octanol–water partition coefficient (Wildman–Crippen LogP) is 1.88. The maximum Gasteiger partial charge on any atom is 0.305 e. The highest BCUT2D eigenvalue weighted by Crippen LogP contribution is 2.02. The minimum atomic E-state index is -0.195. The van der Waals surface area contributed by atoms with Crippen molar-refractivity contribution in [2.24, 2.45) is 5.92 Å². The molecule has 0 aliphatic carbocycles. The minimum absolute atomic E-state index is 0.0672. The van der Waals surface area contributed by atoms with Crippen LogP contribution in [0.5, 0.6) is 0 Å². The molecule has 16 heavy (non-hydrogen) atoms. The third-order valence-corrected chi connectivity index (χ3v) is 2.13. The summed E-state index contributed by atoms with van der Waals surface area (Å²) in [6, 6.07) is 0. The Balaban J connectivity index is 3.37. The minimum Gasteiger partial charge on any atom is -0.466 e. The molecule has 1 N–H and O–H groups in total. The number of carbonyl (C=O) groups excluding carboxylic acids is 2. The lowest BCUT2D eigenvalue weighted by molar-refractivity contribution is -0.143. The van der Waals surface area contributed by atoms with Gasteiger partial charge in [0.1, 0.15) is 0 Å². The molecule has 0 aromatic rings. The zero-order chi connectivity index (χ0) is 12.4. The van der Waals surface area contributed by atoms with E-state index in [0.29, 0.717) is 38.3 Å². The van der Waals surface area contributed by atoms with Crippen LogP contribution in [0.15, 0.2) is 0 Å². The van der Waals surface area contributed by atoms with Gasteiger partial charge >= 0.3 is 5.97 Å². The number of hydrogen-bond acceptors (Lipinski definition) is 3. The second kappa shape index (κ2) is 9.19. The largest absolute Gasteiger partial charge is 0.466 e. The van der Waals surface area contributed by atoms with E-state index in [2.05, 4.69) is 19.2 Å². The first kappa shape index (κ1) is 14.9. The van der Waals surface area contributed by atoms with E-state index in [-0.39, 0.29) is 11.9 Å². The van der Waals surface area contributed by atoms with Gasteiger partial charge in [-0.2, -0.15) is 0 Å². The molecule has 0 aliphatic rings. The van der Waals surface area contributed by atoms with E-state index in [9.17, 15) is 9.59 Å². The molecular weight excluding hydrogens is 206 g/mol.